The molecule has 5 aromatic rings. The molecule has 0 unspecified atom stereocenters. The second kappa shape index (κ2) is 9.54. The van der Waals surface area contributed by atoms with Crippen LogP contribution in [0, 0.1) is 18.3 Å². The molecular weight excluding hydrogens is 436 g/mol. The van der Waals surface area contributed by atoms with Gasteiger partial charge in [0, 0.05) is 22.9 Å². The van der Waals surface area contributed by atoms with Crippen LogP contribution in [0.15, 0.2) is 97.3 Å². The number of ether oxygens (including phenoxy) is 1. The third kappa shape index (κ3) is 4.75. The van der Waals surface area contributed by atoms with Gasteiger partial charge >= 0.3 is 0 Å². The normalized spacial score (nSPS) is 10.6. The van der Waals surface area contributed by atoms with Gasteiger partial charge in [0.2, 0.25) is 0 Å². The minimum Gasteiger partial charge on any atom is -0.508 e. The molecule has 0 fully saturated rings. The first kappa shape index (κ1) is 21.9. The van der Waals surface area contributed by atoms with Crippen molar-refractivity contribution in [1.29, 1.82) is 5.26 Å². The number of aromatic hydroxyl groups is 1. The first-order chi connectivity index (χ1) is 17.1. The molecule has 0 aliphatic rings. The topological polar surface area (TPSA) is 84.0 Å². The molecule has 170 valence electrons. The third-order valence-electron chi connectivity index (χ3n) is 5.60. The van der Waals surface area contributed by atoms with E-state index >= 15 is 0 Å². The van der Waals surface area contributed by atoms with E-state index in [0.717, 1.165) is 50.7 Å². The second-order valence-electron chi connectivity index (χ2n) is 8.15. The highest BCUT2D eigenvalue weighted by atomic mass is 16.5. The molecule has 1 N–H and O–H groups in total. The molecule has 6 heteroatoms. The van der Waals surface area contributed by atoms with Crippen molar-refractivity contribution in [3.8, 4) is 57.0 Å². The van der Waals surface area contributed by atoms with Gasteiger partial charge in [-0.15, -0.1) is 0 Å². The largest absolute Gasteiger partial charge is 0.508 e. The lowest BCUT2D eigenvalue weighted by Crippen LogP contribution is -2.01. The zero-order valence-electron chi connectivity index (χ0n) is 19.1. The molecule has 2 aromatic heterocycles. The third-order valence-corrected chi connectivity index (χ3v) is 5.60. The van der Waals surface area contributed by atoms with Gasteiger partial charge in [-0.1, -0.05) is 18.2 Å². The fourth-order valence-corrected chi connectivity index (χ4v) is 4.06. The van der Waals surface area contributed by atoms with Crippen LogP contribution in [0.4, 0.5) is 0 Å². The predicted molar refractivity (Wildman–Crippen MR) is 135 cm³/mol. The van der Waals surface area contributed by atoms with Crippen molar-refractivity contribution < 1.29 is 9.84 Å². The molecule has 35 heavy (non-hydrogen) atoms. The van der Waals surface area contributed by atoms with E-state index in [4.69, 9.17) is 4.74 Å². The molecule has 0 spiro atoms. The molecule has 5 rings (SSSR count). The Kier molecular flexibility index (Phi) is 5.98. The number of pyridine rings is 1. The molecule has 0 aliphatic carbocycles. The number of hydrogen-bond acceptors (Lipinski definition) is 5. The minimum atomic E-state index is 0.102. The van der Waals surface area contributed by atoms with Gasteiger partial charge in [-0.05, 0) is 84.8 Å². The number of para-hydroxylation sites is 1. The summed E-state index contributed by atoms with van der Waals surface area (Å²) in [6.07, 6.45) is 3.51. The Bertz CT molecular complexity index is 1500. The Morgan fingerprint density at radius 3 is 2.40 bits per heavy atom. The van der Waals surface area contributed by atoms with E-state index in [1.807, 2.05) is 79.7 Å². The highest BCUT2D eigenvalue weighted by molar-refractivity contribution is 5.83. The molecule has 3 aromatic carbocycles. The summed E-state index contributed by atoms with van der Waals surface area (Å²) in [6, 6.07) is 28.9. The molecule has 0 saturated heterocycles. The van der Waals surface area contributed by atoms with Crippen molar-refractivity contribution in [2.75, 3.05) is 0 Å². The second-order valence-corrected chi connectivity index (χ2v) is 8.15. The Labute approximate surface area is 203 Å². The highest BCUT2D eigenvalue weighted by Crippen LogP contribution is 2.35. The molecule has 2 heterocycles. The van der Waals surface area contributed by atoms with Crippen LogP contribution in [0.5, 0.6) is 17.2 Å². The molecule has 0 aliphatic heterocycles. The number of rotatable bonds is 6. The monoisotopic (exact) mass is 458 g/mol. The lowest BCUT2D eigenvalue weighted by Gasteiger charge is -2.11. The number of hydrogen-bond donors (Lipinski definition) is 1. The summed E-state index contributed by atoms with van der Waals surface area (Å²) in [5.41, 5.74) is 6.02. The van der Waals surface area contributed by atoms with Crippen LogP contribution in [-0.2, 0) is 6.54 Å². The number of benzene rings is 3. The van der Waals surface area contributed by atoms with Gasteiger partial charge in [0.05, 0.1) is 23.7 Å². The van der Waals surface area contributed by atoms with Crippen LogP contribution in [0.1, 0.15) is 5.56 Å². The lowest BCUT2D eigenvalue weighted by atomic mass is 9.99. The zero-order valence-corrected chi connectivity index (χ0v) is 19.1. The maximum Gasteiger partial charge on any atom is 0.128 e. The number of aromatic nitrogens is 3. The first-order valence-electron chi connectivity index (χ1n) is 11.1. The standard InChI is InChI=1S/C29H22N4O2/c1-20-15-23(17-24(34)16-20)29-27(19-32-33(29)14-12-30)22-11-13-31-28(18-22)21-7-9-26(10-8-21)35-25-5-3-2-4-6-25/h2-11,13,15-19,34H,14H2,1H3. The van der Waals surface area contributed by atoms with Gasteiger partial charge in [-0.2, -0.15) is 10.4 Å². The number of nitrogens with zero attached hydrogens (tertiary/aromatic N) is 4. The van der Waals surface area contributed by atoms with Crippen LogP contribution in [0.3, 0.4) is 0 Å². The number of aryl methyl sites for hydroxylation is 1. The predicted octanol–water partition coefficient (Wildman–Crippen LogP) is 6.61. The van der Waals surface area contributed by atoms with Crippen LogP contribution < -0.4 is 4.74 Å². The minimum absolute atomic E-state index is 0.102. The van der Waals surface area contributed by atoms with Crippen molar-refractivity contribution in [3.63, 3.8) is 0 Å². The maximum atomic E-state index is 10.2. The maximum absolute atomic E-state index is 10.2. The van der Waals surface area contributed by atoms with Crippen molar-refractivity contribution in [1.82, 2.24) is 14.8 Å². The molecule has 0 bridgehead atoms. The van der Waals surface area contributed by atoms with Crippen LogP contribution in [0.2, 0.25) is 0 Å². The smallest absolute Gasteiger partial charge is 0.128 e. The molecule has 0 radical (unpaired) electrons. The quantitative estimate of drug-likeness (QED) is 0.310. The molecular formula is C29H22N4O2. The van der Waals surface area contributed by atoms with E-state index < -0.39 is 0 Å². The van der Waals surface area contributed by atoms with Crippen LogP contribution >= 0.6 is 0 Å². The van der Waals surface area contributed by atoms with Crippen molar-refractivity contribution >= 4 is 0 Å². The molecule has 0 atom stereocenters. The Hall–Kier alpha value is -4.89. The zero-order chi connectivity index (χ0) is 24.2. The fourth-order valence-electron chi connectivity index (χ4n) is 4.06. The van der Waals surface area contributed by atoms with Gasteiger partial charge in [0.25, 0.3) is 0 Å². The van der Waals surface area contributed by atoms with Gasteiger partial charge in [0.1, 0.15) is 23.8 Å². The van der Waals surface area contributed by atoms with Crippen LogP contribution in [0.25, 0.3) is 33.6 Å². The average molecular weight is 459 g/mol. The summed E-state index contributed by atoms with van der Waals surface area (Å²) in [5.74, 6) is 1.70. The Balaban J connectivity index is 1.50. The number of phenols is 1. The Morgan fingerprint density at radius 2 is 1.66 bits per heavy atom. The van der Waals surface area contributed by atoms with Crippen LogP contribution in [-0.4, -0.2) is 19.9 Å². The summed E-state index contributed by atoms with van der Waals surface area (Å²) in [5, 5.41) is 23.9. The molecule has 6 nitrogen and oxygen atoms in total. The lowest BCUT2D eigenvalue weighted by molar-refractivity contribution is 0.475. The SMILES string of the molecule is Cc1cc(O)cc(-c2c(-c3ccnc(-c4ccc(Oc5ccccc5)cc4)c3)cnn2CC#N)c1. The summed E-state index contributed by atoms with van der Waals surface area (Å²) in [7, 11) is 0. The average Bonchev–Trinajstić information content (AvgIpc) is 3.29. The van der Waals surface area contributed by atoms with Crippen molar-refractivity contribution in [2.45, 2.75) is 13.5 Å². The van der Waals surface area contributed by atoms with Gasteiger partial charge in [-0.25, -0.2) is 0 Å². The van der Waals surface area contributed by atoms with E-state index in [2.05, 4.69) is 16.2 Å². The van der Waals surface area contributed by atoms with Crippen molar-refractivity contribution in [2.24, 2.45) is 0 Å². The van der Waals surface area contributed by atoms with Gasteiger partial charge < -0.3 is 9.84 Å². The van der Waals surface area contributed by atoms with Crippen molar-refractivity contribution in [3.05, 3.63) is 103 Å². The van der Waals surface area contributed by atoms with E-state index in [9.17, 15) is 10.4 Å². The Morgan fingerprint density at radius 1 is 0.886 bits per heavy atom. The van der Waals surface area contributed by atoms with E-state index in [0.29, 0.717) is 0 Å². The molecule has 0 saturated carbocycles. The number of nitriles is 1. The summed E-state index contributed by atoms with van der Waals surface area (Å²) < 4.78 is 7.55. The number of phenolic OH excluding ortho intramolecular Hbond substituents is 1. The first-order valence-corrected chi connectivity index (χ1v) is 11.1. The van der Waals surface area contributed by atoms with Gasteiger partial charge in [-0.3, -0.25) is 9.67 Å². The van der Waals surface area contributed by atoms with E-state index in [-0.39, 0.29) is 12.3 Å². The van der Waals surface area contributed by atoms with E-state index in [1.54, 1.807) is 29.2 Å². The summed E-state index contributed by atoms with van der Waals surface area (Å²) >= 11 is 0. The molecule has 0 amide bonds. The van der Waals surface area contributed by atoms with Gasteiger partial charge in [0.15, 0.2) is 0 Å². The van der Waals surface area contributed by atoms with E-state index in [1.165, 1.54) is 0 Å². The fraction of sp³-hybridized carbons (Fsp3) is 0.0690. The summed E-state index contributed by atoms with van der Waals surface area (Å²) in [6.45, 7) is 2.02. The summed E-state index contributed by atoms with van der Waals surface area (Å²) in [4.78, 5) is 4.56. The highest BCUT2D eigenvalue weighted by Gasteiger charge is 2.17.